The van der Waals surface area contributed by atoms with E-state index >= 15 is 0 Å². The van der Waals surface area contributed by atoms with Gasteiger partial charge in [-0.05, 0) is 31.9 Å². The van der Waals surface area contributed by atoms with E-state index in [1.54, 1.807) is 18.2 Å². The molecule has 2 rings (SSSR count). The first-order chi connectivity index (χ1) is 9.63. The Balaban J connectivity index is 2.14. The van der Waals surface area contributed by atoms with Crippen LogP contribution in [0.5, 0.6) is 5.75 Å². The number of benzene rings is 1. The summed E-state index contributed by atoms with van der Waals surface area (Å²) >= 11 is 0. The quantitative estimate of drug-likeness (QED) is 0.732. The lowest BCUT2D eigenvalue weighted by Gasteiger charge is -2.28. The number of ether oxygens (including phenoxy) is 1. The minimum absolute atomic E-state index is 0.188. The van der Waals surface area contributed by atoms with Crippen molar-refractivity contribution in [2.24, 2.45) is 0 Å². The zero-order chi connectivity index (χ0) is 14.5. The minimum atomic E-state index is -0.468. The molecule has 1 saturated carbocycles. The van der Waals surface area contributed by atoms with Crippen molar-refractivity contribution >= 4 is 11.6 Å². The van der Waals surface area contributed by atoms with Crippen LogP contribution in [0, 0.1) is 0 Å². The fraction of sp³-hybridized carbons (Fsp3) is 0.533. The zero-order valence-corrected chi connectivity index (χ0v) is 11.8. The molecule has 0 spiro atoms. The maximum absolute atomic E-state index is 12.3. The van der Waals surface area contributed by atoms with Crippen molar-refractivity contribution in [1.29, 1.82) is 0 Å². The Labute approximate surface area is 119 Å². The second-order valence-corrected chi connectivity index (χ2v) is 5.09. The highest BCUT2D eigenvalue weighted by Crippen LogP contribution is 2.27. The average molecular weight is 278 g/mol. The Morgan fingerprint density at radius 3 is 2.90 bits per heavy atom. The highest BCUT2D eigenvalue weighted by molar-refractivity contribution is 5.98. The van der Waals surface area contributed by atoms with Crippen LogP contribution >= 0.6 is 0 Å². The number of carbonyl (C=O) groups excluding carboxylic acids is 1. The first-order valence-electron chi connectivity index (χ1n) is 7.13. The molecule has 0 aromatic heterocycles. The lowest BCUT2D eigenvalue weighted by atomic mass is 9.92. The van der Waals surface area contributed by atoms with Crippen molar-refractivity contribution in [3.8, 4) is 5.75 Å². The molecule has 5 heteroatoms. The van der Waals surface area contributed by atoms with E-state index in [4.69, 9.17) is 10.5 Å². The number of nitrogens with one attached hydrogen (secondary N) is 1. The summed E-state index contributed by atoms with van der Waals surface area (Å²) in [5.41, 5.74) is 6.72. The largest absolute Gasteiger partial charge is 0.491 e. The Kier molecular flexibility index (Phi) is 4.84. The summed E-state index contributed by atoms with van der Waals surface area (Å²) in [5.74, 6) is 0.171. The number of hydrogen-bond acceptors (Lipinski definition) is 4. The number of amides is 1. The normalized spacial score (nSPS) is 22.3. The molecule has 0 heterocycles. The molecule has 1 aromatic rings. The van der Waals surface area contributed by atoms with Crippen molar-refractivity contribution < 1.29 is 14.6 Å². The number of anilines is 1. The summed E-state index contributed by atoms with van der Waals surface area (Å²) in [6.45, 7) is 2.29. The number of nitrogen functional groups attached to an aromatic ring is 1. The molecule has 0 saturated heterocycles. The SMILES string of the molecule is CCOc1c(N)cccc1C(=O)NC1CCCCC1O. The molecule has 20 heavy (non-hydrogen) atoms. The van der Waals surface area contributed by atoms with E-state index in [9.17, 15) is 9.90 Å². The third-order valence-electron chi connectivity index (χ3n) is 3.62. The molecule has 2 atom stereocenters. The van der Waals surface area contributed by atoms with E-state index in [-0.39, 0.29) is 11.9 Å². The van der Waals surface area contributed by atoms with Crippen molar-refractivity contribution in [2.45, 2.75) is 44.8 Å². The Morgan fingerprint density at radius 2 is 2.20 bits per heavy atom. The smallest absolute Gasteiger partial charge is 0.255 e. The number of nitrogens with two attached hydrogens (primary N) is 1. The van der Waals surface area contributed by atoms with Crippen LogP contribution in [0.4, 0.5) is 5.69 Å². The zero-order valence-electron chi connectivity index (χ0n) is 11.8. The second-order valence-electron chi connectivity index (χ2n) is 5.09. The van der Waals surface area contributed by atoms with Crippen molar-refractivity contribution in [3.63, 3.8) is 0 Å². The van der Waals surface area contributed by atoms with Crippen LogP contribution in [0.25, 0.3) is 0 Å². The van der Waals surface area contributed by atoms with Gasteiger partial charge in [-0.3, -0.25) is 4.79 Å². The predicted molar refractivity (Wildman–Crippen MR) is 77.8 cm³/mol. The molecular formula is C15H22N2O3. The lowest BCUT2D eigenvalue weighted by Crippen LogP contribution is -2.45. The summed E-state index contributed by atoms with van der Waals surface area (Å²) in [4.78, 5) is 12.3. The number of hydrogen-bond donors (Lipinski definition) is 3. The van der Waals surface area contributed by atoms with Gasteiger partial charge in [-0.15, -0.1) is 0 Å². The molecule has 0 aliphatic heterocycles. The first-order valence-corrected chi connectivity index (χ1v) is 7.13. The van der Waals surface area contributed by atoms with Crippen molar-refractivity contribution in [1.82, 2.24) is 5.32 Å². The van der Waals surface area contributed by atoms with Gasteiger partial charge in [0.2, 0.25) is 0 Å². The Bertz CT molecular complexity index is 476. The molecule has 1 aromatic carbocycles. The second kappa shape index (κ2) is 6.61. The van der Waals surface area contributed by atoms with Gasteiger partial charge in [0, 0.05) is 0 Å². The molecule has 1 fully saturated rings. The number of para-hydroxylation sites is 1. The molecular weight excluding hydrogens is 256 g/mol. The highest BCUT2D eigenvalue weighted by Gasteiger charge is 2.26. The summed E-state index contributed by atoms with van der Waals surface area (Å²) in [6, 6.07) is 4.93. The van der Waals surface area contributed by atoms with E-state index in [2.05, 4.69) is 5.32 Å². The van der Waals surface area contributed by atoms with Crippen LogP contribution < -0.4 is 15.8 Å². The third kappa shape index (κ3) is 3.22. The van der Waals surface area contributed by atoms with Gasteiger partial charge in [0.05, 0.1) is 30.0 Å². The average Bonchev–Trinajstić information content (AvgIpc) is 2.43. The molecule has 1 aliphatic rings. The van der Waals surface area contributed by atoms with Crippen LogP contribution in [-0.4, -0.2) is 29.8 Å². The molecule has 1 amide bonds. The maximum atomic E-state index is 12.3. The maximum Gasteiger partial charge on any atom is 0.255 e. The first kappa shape index (κ1) is 14.7. The Morgan fingerprint density at radius 1 is 1.45 bits per heavy atom. The lowest BCUT2D eigenvalue weighted by molar-refractivity contribution is 0.0715. The van der Waals surface area contributed by atoms with Gasteiger partial charge >= 0.3 is 0 Å². The van der Waals surface area contributed by atoms with Gasteiger partial charge in [-0.1, -0.05) is 18.9 Å². The topological polar surface area (TPSA) is 84.6 Å². The predicted octanol–water partition coefficient (Wildman–Crippen LogP) is 1.70. The van der Waals surface area contributed by atoms with Gasteiger partial charge < -0.3 is 20.9 Å². The van der Waals surface area contributed by atoms with Gasteiger partial charge in [0.25, 0.3) is 5.91 Å². The molecule has 0 radical (unpaired) electrons. The Hall–Kier alpha value is -1.75. The van der Waals surface area contributed by atoms with Crippen LogP contribution in [0.2, 0.25) is 0 Å². The molecule has 2 unspecified atom stereocenters. The summed E-state index contributed by atoms with van der Waals surface area (Å²) < 4.78 is 5.46. The van der Waals surface area contributed by atoms with Gasteiger partial charge in [-0.25, -0.2) is 0 Å². The monoisotopic (exact) mass is 278 g/mol. The van der Waals surface area contributed by atoms with Crippen LogP contribution in [-0.2, 0) is 0 Å². The molecule has 4 N–H and O–H groups in total. The third-order valence-corrected chi connectivity index (χ3v) is 3.62. The number of rotatable bonds is 4. The van der Waals surface area contributed by atoms with Crippen molar-refractivity contribution in [2.75, 3.05) is 12.3 Å². The van der Waals surface area contributed by atoms with E-state index in [0.29, 0.717) is 23.6 Å². The summed E-state index contributed by atoms with van der Waals surface area (Å²) in [5, 5.41) is 12.8. The number of aliphatic hydroxyl groups is 1. The molecule has 110 valence electrons. The summed E-state index contributed by atoms with van der Waals surface area (Å²) in [7, 11) is 0. The van der Waals surface area contributed by atoms with E-state index in [0.717, 1.165) is 25.7 Å². The van der Waals surface area contributed by atoms with Gasteiger partial charge in [0.15, 0.2) is 5.75 Å². The molecule has 0 bridgehead atoms. The standard InChI is InChI=1S/C15H22N2O3/c1-2-20-14-10(6-5-7-11(14)16)15(19)17-12-8-3-4-9-13(12)18/h5-7,12-13,18H,2-4,8-9,16H2,1H3,(H,17,19). The van der Waals surface area contributed by atoms with Crippen molar-refractivity contribution in [3.05, 3.63) is 23.8 Å². The van der Waals surface area contributed by atoms with Crippen LogP contribution in [0.15, 0.2) is 18.2 Å². The highest BCUT2D eigenvalue weighted by atomic mass is 16.5. The van der Waals surface area contributed by atoms with E-state index in [1.807, 2.05) is 6.92 Å². The van der Waals surface area contributed by atoms with Crippen LogP contribution in [0.1, 0.15) is 43.0 Å². The number of carbonyl (C=O) groups is 1. The van der Waals surface area contributed by atoms with Crippen LogP contribution in [0.3, 0.4) is 0 Å². The minimum Gasteiger partial charge on any atom is -0.491 e. The number of aliphatic hydroxyl groups excluding tert-OH is 1. The van der Waals surface area contributed by atoms with Gasteiger partial charge in [-0.2, -0.15) is 0 Å². The van der Waals surface area contributed by atoms with E-state index < -0.39 is 6.10 Å². The fourth-order valence-electron chi connectivity index (χ4n) is 2.56. The van der Waals surface area contributed by atoms with Gasteiger partial charge in [0.1, 0.15) is 0 Å². The molecule has 5 nitrogen and oxygen atoms in total. The molecule has 1 aliphatic carbocycles. The summed E-state index contributed by atoms with van der Waals surface area (Å²) in [6.07, 6.45) is 3.11. The fourth-order valence-corrected chi connectivity index (χ4v) is 2.56. The van der Waals surface area contributed by atoms with E-state index in [1.165, 1.54) is 0 Å².